The number of H-pyrrole nitrogens is 1. The van der Waals surface area contributed by atoms with Gasteiger partial charge in [-0.3, -0.25) is 4.90 Å². The molecule has 6 heteroatoms. The molecule has 0 spiro atoms. The number of aromatic amines is 1. The van der Waals surface area contributed by atoms with Crippen LogP contribution in [0.15, 0.2) is 72.1 Å². The van der Waals surface area contributed by atoms with E-state index < -0.39 is 0 Å². The fourth-order valence-corrected chi connectivity index (χ4v) is 5.44. The van der Waals surface area contributed by atoms with Crippen molar-refractivity contribution in [3.8, 4) is 0 Å². The zero-order chi connectivity index (χ0) is 21.9. The molecule has 0 bridgehead atoms. The molecule has 1 saturated heterocycles. The Morgan fingerprint density at radius 1 is 1.00 bits per heavy atom. The van der Waals surface area contributed by atoms with E-state index in [1.165, 1.54) is 27.0 Å². The molecular formula is C26H27N3O2S. The van der Waals surface area contributed by atoms with E-state index in [1.807, 2.05) is 35.2 Å². The Bertz CT molecular complexity index is 1180. The van der Waals surface area contributed by atoms with E-state index in [0.29, 0.717) is 19.7 Å². The quantitative estimate of drug-likeness (QED) is 0.436. The lowest BCUT2D eigenvalue weighted by atomic mass is 9.99. The Kier molecular flexibility index (Phi) is 5.97. The van der Waals surface area contributed by atoms with E-state index in [0.717, 1.165) is 18.7 Å². The molecular weight excluding hydrogens is 418 g/mol. The zero-order valence-corrected chi connectivity index (χ0v) is 19.0. The van der Waals surface area contributed by atoms with Crippen molar-refractivity contribution in [1.82, 2.24) is 14.8 Å². The molecule has 1 aliphatic heterocycles. The van der Waals surface area contributed by atoms with Gasteiger partial charge in [0.2, 0.25) is 0 Å². The van der Waals surface area contributed by atoms with E-state index in [-0.39, 0.29) is 12.1 Å². The molecule has 4 aromatic rings. The first-order chi connectivity index (χ1) is 15.7. The van der Waals surface area contributed by atoms with E-state index in [9.17, 15) is 4.79 Å². The van der Waals surface area contributed by atoms with Gasteiger partial charge >= 0.3 is 6.09 Å². The van der Waals surface area contributed by atoms with Gasteiger partial charge in [-0.2, -0.15) is 0 Å². The maximum Gasteiger partial charge on any atom is 0.410 e. The Balaban J connectivity index is 1.32. The van der Waals surface area contributed by atoms with Gasteiger partial charge in [-0.15, -0.1) is 11.3 Å². The van der Waals surface area contributed by atoms with Crippen molar-refractivity contribution in [2.45, 2.75) is 19.6 Å². The number of ether oxygens (including phenoxy) is 1. The lowest BCUT2D eigenvalue weighted by molar-refractivity contribution is 0.0649. The molecule has 164 valence electrons. The first-order valence-corrected chi connectivity index (χ1v) is 11.9. The minimum atomic E-state index is -0.232. The topological polar surface area (TPSA) is 48.6 Å². The molecule has 1 N–H and O–H groups in total. The number of rotatable bonds is 5. The molecule has 32 heavy (non-hydrogen) atoms. The van der Waals surface area contributed by atoms with Gasteiger partial charge in [0, 0.05) is 53.2 Å². The largest absolute Gasteiger partial charge is 0.445 e. The number of benzene rings is 2. The highest BCUT2D eigenvalue weighted by atomic mass is 32.1. The molecule has 2 aromatic heterocycles. The number of hydrogen-bond donors (Lipinski definition) is 1. The van der Waals surface area contributed by atoms with Crippen LogP contribution in [0.1, 0.15) is 27.7 Å². The minimum absolute atomic E-state index is 0.175. The smallest absolute Gasteiger partial charge is 0.410 e. The molecule has 5 nitrogen and oxygen atoms in total. The number of para-hydroxylation sites is 1. The molecule has 1 atom stereocenters. The van der Waals surface area contributed by atoms with Crippen molar-refractivity contribution < 1.29 is 9.53 Å². The summed E-state index contributed by atoms with van der Waals surface area (Å²) in [6.45, 7) is 5.41. The number of aromatic nitrogens is 1. The van der Waals surface area contributed by atoms with Crippen molar-refractivity contribution >= 4 is 28.3 Å². The average molecular weight is 446 g/mol. The molecule has 0 saturated carbocycles. The van der Waals surface area contributed by atoms with Gasteiger partial charge in [0.1, 0.15) is 6.61 Å². The predicted molar refractivity (Wildman–Crippen MR) is 129 cm³/mol. The number of thiophene rings is 1. The summed E-state index contributed by atoms with van der Waals surface area (Å²) in [6, 6.07) is 22.8. The number of fused-ring (bicyclic) bond motifs is 1. The summed E-state index contributed by atoms with van der Waals surface area (Å²) in [6.07, 6.45) is -0.232. The molecule has 2 aromatic carbocycles. The van der Waals surface area contributed by atoms with Crippen LogP contribution in [-0.2, 0) is 11.3 Å². The summed E-state index contributed by atoms with van der Waals surface area (Å²) >= 11 is 1.79. The van der Waals surface area contributed by atoms with Crippen LogP contribution in [0, 0.1) is 6.92 Å². The SMILES string of the molecule is Cc1[nH]c2ccccc2c1C(c1cccs1)N1CCN(C(=O)OCc2ccccc2)CC1. The first kappa shape index (κ1) is 20.8. The van der Waals surface area contributed by atoms with Crippen LogP contribution >= 0.6 is 11.3 Å². The van der Waals surface area contributed by atoms with Crippen LogP contribution in [0.25, 0.3) is 10.9 Å². The summed E-state index contributed by atoms with van der Waals surface area (Å²) in [5.74, 6) is 0. The summed E-state index contributed by atoms with van der Waals surface area (Å²) in [7, 11) is 0. The second-order valence-electron chi connectivity index (χ2n) is 8.19. The number of amides is 1. The molecule has 1 aliphatic rings. The Morgan fingerprint density at radius 2 is 1.75 bits per heavy atom. The predicted octanol–water partition coefficient (Wildman–Crippen LogP) is 5.58. The standard InChI is InChI=1S/C26H27N3O2S/c1-19-24(21-10-5-6-11-22(21)27-19)25(23-12-7-17-32-23)28-13-15-29(16-14-28)26(30)31-18-20-8-3-2-4-9-20/h2-12,17,25,27H,13-16,18H2,1H3. The molecule has 5 rings (SSSR count). The van der Waals surface area contributed by atoms with Crippen LogP contribution in [0.4, 0.5) is 4.79 Å². The Labute approximate surface area is 192 Å². The lowest BCUT2D eigenvalue weighted by Crippen LogP contribution is -2.50. The Hall–Kier alpha value is -3.09. The van der Waals surface area contributed by atoms with Gasteiger partial charge in [0.05, 0.1) is 6.04 Å². The number of hydrogen-bond acceptors (Lipinski definition) is 4. The van der Waals surface area contributed by atoms with Gasteiger partial charge in [0.25, 0.3) is 0 Å². The highest BCUT2D eigenvalue weighted by molar-refractivity contribution is 7.10. The minimum Gasteiger partial charge on any atom is -0.445 e. The van der Waals surface area contributed by atoms with Crippen LogP contribution < -0.4 is 0 Å². The zero-order valence-electron chi connectivity index (χ0n) is 18.2. The van der Waals surface area contributed by atoms with Gasteiger partial charge in [-0.05, 0) is 30.0 Å². The fourth-order valence-electron chi connectivity index (χ4n) is 4.58. The maximum atomic E-state index is 12.6. The summed E-state index contributed by atoms with van der Waals surface area (Å²) in [5, 5.41) is 3.41. The number of aryl methyl sites for hydroxylation is 1. The molecule has 3 heterocycles. The van der Waals surface area contributed by atoms with Gasteiger partial charge in [-0.1, -0.05) is 54.6 Å². The van der Waals surface area contributed by atoms with E-state index in [1.54, 1.807) is 11.3 Å². The third-order valence-electron chi connectivity index (χ3n) is 6.17. The third-order valence-corrected chi connectivity index (χ3v) is 7.10. The Morgan fingerprint density at radius 3 is 2.50 bits per heavy atom. The third kappa shape index (κ3) is 4.16. The van der Waals surface area contributed by atoms with Crippen molar-refractivity contribution in [3.05, 3.63) is 93.8 Å². The number of piperazine rings is 1. The maximum absolute atomic E-state index is 12.6. The molecule has 1 unspecified atom stereocenters. The summed E-state index contributed by atoms with van der Waals surface area (Å²) in [4.78, 5) is 21.8. The first-order valence-electron chi connectivity index (χ1n) is 11.0. The molecule has 0 aliphatic carbocycles. The monoisotopic (exact) mass is 445 g/mol. The van der Waals surface area contributed by atoms with Crippen LogP contribution in [-0.4, -0.2) is 47.1 Å². The van der Waals surface area contributed by atoms with Crippen molar-refractivity contribution in [2.24, 2.45) is 0 Å². The van der Waals surface area contributed by atoms with Gasteiger partial charge in [0.15, 0.2) is 0 Å². The number of carbonyl (C=O) groups is 1. The normalized spacial score (nSPS) is 15.7. The molecule has 1 fully saturated rings. The lowest BCUT2D eigenvalue weighted by Gasteiger charge is -2.38. The van der Waals surface area contributed by atoms with Crippen LogP contribution in [0.5, 0.6) is 0 Å². The van der Waals surface area contributed by atoms with Gasteiger partial charge < -0.3 is 14.6 Å². The molecule has 1 amide bonds. The van der Waals surface area contributed by atoms with Crippen molar-refractivity contribution in [2.75, 3.05) is 26.2 Å². The van der Waals surface area contributed by atoms with Gasteiger partial charge in [-0.25, -0.2) is 4.79 Å². The fraction of sp³-hybridized carbons (Fsp3) is 0.269. The summed E-state index contributed by atoms with van der Waals surface area (Å²) in [5.41, 5.74) is 4.72. The molecule has 0 radical (unpaired) electrons. The number of carbonyl (C=O) groups excluding carboxylic acids is 1. The average Bonchev–Trinajstić information content (AvgIpc) is 3.47. The van der Waals surface area contributed by atoms with E-state index in [2.05, 4.69) is 58.6 Å². The highest BCUT2D eigenvalue weighted by Crippen LogP contribution is 2.38. The van der Waals surface area contributed by atoms with Crippen LogP contribution in [0.2, 0.25) is 0 Å². The van der Waals surface area contributed by atoms with Crippen LogP contribution in [0.3, 0.4) is 0 Å². The van der Waals surface area contributed by atoms with E-state index in [4.69, 9.17) is 4.74 Å². The number of nitrogens with zero attached hydrogens (tertiary/aromatic N) is 2. The number of nitrogens with one attached hydrogen (secondary N) is 1. The highest BCUT2D eigenvalue weighted by Gasteiger charge is 2.31. The van der Waals surface area contributed by atoms with Crippen molar-refractivity contribution in [3.63, 3.8) is 0 Å². The second kappa shape index (κ2) is 9.18. The second-order valence-corrected chi connectivity index (χ2v) is 9.17. The van der Waals surface area contributed by atoms with E-state index >= 15 is 0 Å². The van der Waals surface area contributed by atoms with Crippen molar-refractivity contribution in [1.29, 1.82) is 0 Å². The summed E-state index contributed by atoms with van der Waals surface area (Å²) < 4.78 is 5.55.